The third kappa shape index (κ3) is 8.66. The summed E-state index contributed by atoms with van der Waals surface area (Å²) in [6.07, 6.45) is 1.02. The van der Waals surface area contributed by atoms with Gasteiger partial charge in [-0.15, -0.1) is 0 Å². The molecule has 0 rings (SSSR count). The second-order valence-electron chi connectivity index (χ2n) is 4.77. The molecule has 0 aliphatic heterocycles. The topological polar surface area (TPSA) is 92.5 Å². The number of aliphatic hydroxyl groups is 1. The van der Waals surface area contributed by atoms with Gasteiger partial charge in [-0.2, -0.15) is 20.8 Å². The molecule has 0 fully saturated rings. The fourth-order valence-electron chi connectivity index (χ4n) is 0.565. The third-order valence-electron chi connectivity index (χ3n) is 2.35. The molecule has 0 spiro atoms. The molecule has 0 aliphatic rings. The Morgan fingerprint density at radius 3 is 1.33 bits per heavy atom. The van der Waals surface area contributed by atoms with E-state index in [9.17, 15) is 0 Å². The molecule has 102 valence electrons. The van der Waals surface area contributed by atoms with Crippen molar-refractivity contribution in [2.24, 2.45) is 10.2 Å². The smallest absolute Gasteiger partial charge is 0.164 e. The second-order valence-corrected chi connectivity index (χ2v) is 4.77. The van der Waals surface area contributed by atoms with Crippen LogP contribution >= 0.6 is 0 Å². The van der Waals surface area contributed by atoms with Gasteiger partial charge in [0.25, 0.3) is 0 Å². The molecule has 18 heavy (non-hydrogen) atoms. The van der Waals surface area contributed by atoms with Crippen molar-refractivity contribution in [3.05, 3.63) is 0 Å². The van der Waals surface area contributed by atoms with Gasteiger partial charge in [-0.3, -0.25) is 0 Å². The molecule has 0 heterocycles. The van der Waals surface area contributed by atoms with Crippen LogP contribution in [-0.2, 0) is 0 Å². The predicted octanol–water partition coefficient (Wildman–Crippen LogP) is 3.21. The molecule has 0 aromatic carbocycles. The van der Waals surface area contributed by atoms with E-state index in [0.29, 0.717) is 12.8 Å². The molecule has 0 radical (unpaired) electrons. The van der Waals surface area contributed by atoms with Gasteiger partial charge in [0.15, 0.2) is 11.1 Å². The molecule has 1 N–H and O–H groups in total. The molecule has 0 bridgehead atoms. The Morgan fingerprint density at radius 1 is 1.00 bits per heavy atom. The molecule has 2 atom stereocenters. The van der Waals surface area contributed by atoms with Crippen LogP contribution in [0.3, 0.4) is 0 Å². The van der Waals surface area contributed by atoms with Gasteiger partial charge in [-0.1, -0.05) is 13.8 Å². The summed E-state index contributed by atoms with van der Waals surface area (Å²) in [5.41, 5.74) is -1.60. The Balaban J connectivity index is 0. The van der Waals surface area contributed by atoms with Crippen molar-refractivity contribution < 1.29 is 5.11 Å². The van der Waals surface area contributed by atoms with E-state index in [1.165, 1.54) is 0 Å². The SMILES string of the molecule is CC(C)O.CCC(C)(C#N)/N=N/C(C)(C#N)CC. The lowest BCUT2D eigenvalue weighted by Crippen LogP contribution is -2.22. The molecule has 0 aromatic heterocycles. The molecule has 5 heteroatoms. The summed E-state index contributed by atoms with van der Waals surface area (Å²) in [5.74, 6) is 0. The van der Waals surface area contributed by atoms with Crippen molar-refractivity contribution in [1.82, 2.24) is 0 Å². The van der Waals surface area contributed by atoms with Crippen LogP contribution in [0.5, 0.6) is 0 Å². The Labute approximate surface area is 110 Å². The van der Waals surface area contributed by atoms with Crippen molar-refractivity contribution >= 4 is 0 Å². The molecule has 0 saturated carbocycles. The minimum Gasteiger partial charge on any atom is -0.394 e. The van der Waals surface area contributed by atoms with Crippen LogP contribution in [0.2, 0.25) is 0 Å². The zero-order chi connectivity index (χ0) is 14.8. The van der Waals surface area contributed by atoms with Crippen LogP contribution in [0.25, 0.3) is 0 Å². The summed E-state index contributed by atoms with van der Waals surface area (Å²) >= 11 is 0. The Bertz CT molecular complexity index is 307. The second kappa shape index (κ2) is 8.60. The summed E-state index contributed by atoms with van der Waals surface area (Å²) in [7, 11) is 0. The van der Waals surface area contributed by atoms with Crippen LogP contribution in [0, 0.1) is 22.7 Å². The van der Waals surface area contributed by atoms with Crippen LogP contribution in [0.1, 0.15) is 54.4 Å². The minimum absolute atomic E-state index is 0.167. The third-order valence-corrected chi connectivity index (χ3v) is 2.35. The van der Waals surface area contributed by atoms with E-state index >= 15 is 0 Å². The molecular weight excluding hydrogens is 228 g/mol. The number of hydrogen-bond donors (Lipinski definition) is 1. The standard InChI is InChI=1S/C10H16N4.C3H8O/c1-5-9(3,7-11)13-14-10(4,6-2)8-12;1-3(2)4/h5-6H2,1-4H3;3-4H,1-2H3/b14-13+;. The average Bonchev–Trinajstić information content (AvgIpc) is 2.35. The first kappa shape index (κ1) is 18.9. The molecular formula is C13H24N4O. The van der Waals surface area contributed by atoms with Gasteiger partial charge in [0.2, 0.25) is 0 Å². The Morgan fingerprint density at radius 2 is 1.22 bits per heavy atom. The van der Waals surface area contributed by atoms with Crippen LogP contribution in [0.4, 0.5) is 0 Å². The lowest BCUT2D eigenvalue weighted by atomic mass is 10.0. The maximum Gasteiger partial charge on any atom is 0.164 e. The van der Waals surface area contributed by atoms with Crippen molar-refractivity contribution in [2.45, 2.75) is 71.6 Å². The zero-order valence-corrected chi connectivity index (χ0v) is 12.2. The van der Waals surface area contributed by atoms with Gasteiger partial charge >= 0.3 is 0 Å². The van der Waals surface area contributed by atoms with E-state index in [1.54, 1.807) is 27.7 Å². The minimum atomic E-state index is -0.798. The summed E-state index contributed by atoms with van der Waals surface area (Å²) in [6, 6.07) is 4.16. The number of rotatable bonds is 4. The van der Waals surface area contributed by atoms with Crippen LogP contribution in [0.15, 0.2) is 10.2 Å². The van der Waals surface area contributed by atoms with E-state index < -0.39 is 11.1 Å². The molecule has 0 aromatic rings. The number of azo groups is 1. The first-order chi connectivity index (χ1) is 8.18. The van der Waals surface area contributed by atoms with E-state index in [0.717, 1.165) is 0 Å². The lowest BCUT2D eigenvalue weighted by molar-refractivity contribution is 0.216. The first-order valence-corrected chi connectivity index (χ1v) is 6.13. The molecule has 0 saturated heterocycles. The van der Waals surface area contributed by atoms with Crippen molar-refractivity contribution in [2.75, 3.05) is 0 Å². The normalized spacial score (nSPS) is 17.0. The van der Waals surface area contributed by atoms with Crippen molar-refractivity contribution in [3.63, 3.8) is 0 Å². The molecule has 0 aliphatic carbocycles. The molecule has 5 nitrogen and oxygen atoms in total. The van der Waals surface area contributed by atoms with E-state index in [2.05, 4.69) is 22.4 Å². The highest BCUT2D eigenvalue weighted by Crippen LogP contribution is 2.20. The number of nitrogens with zero attached hydrogens (tertiary/aromatic N) is 4. The first-order valence-electron chi connectivity index (χ1n) is 6.13. The largest absolute Gasteiger partial charge is 0.394 e. The van der Waals surface area contributed by atoms with Gasteiger partial charge in [0, 0.05) is 6.10 Å². The Hall–Kier alpha value is -1.46. The maximum atomic E-state index is 8.84. The predicted molar refractivity (Wildman–Crippen MR) is 70.8 cm³/mol. The summed E-state index contributed by atoms with van der Waals surface area (Å²) in [4.78, 5) is 0. The molecule has 2 unspecified atom stereocenters. The highest BCUT2D eigenvalue weighted by molar-refractivity contribution is 5.06. The lowest BCUT2D eigenvalue weighted by Gasteiger charge is -2.16. The highest BCUT2D eigenvalue weighted by Gasteiger charge is 2.25. The highest BCUT2D eigenvalue weighted by atomic mass is 16.3. The van der Waals surface area contributed by atoms with Gasteiger partial charge in [-0.05, 0) is 40.5 Å². The fraction of sp³-hybridized carbons (Fsp3) is 0.846. The van der Waals surface area contributed by atoms with Gasteiger partial charge < -0.3 is 5.11 Å². The van der Waals surface area contributed by atoms with E-state index in [4.69, 9.17) is 15.6 Å². The van der Waals surface area contributed by atoms with Crippen LogP contribution in [-0.4, -0.2) is 22.3 Å². The van der Waals surface area contributed by atoms with Crippen molar-refractivity contribution in [3.8, 4) is 12.1 Å². The summed E-state index contributed by atoms with van der Waals surface area (Å²) in [6.45, 7) is 10.6. The fourth-order valence-corrected chi connectivity index (χ4v) is 0.565. The zero-order valence-electron chi connectivity index (χ0n) is 12.2. The van der Waals surface area contributed by atoms with Gasteiger partial charge in [0.1, 0.15) is 0 Å². The van der Waals surface area contributed by atoms with Gasteiger partial charge in [-0.25, -0.2) is 0 Å². The van der Waals surface area contributed by atoms with E-state index in [-0.39, 0.29) is 6.10 Å². The monoisotopic (exact) mass is 252 g/mol. The average molecular weight is 252 g/mol. The number of hydrogen-bond acceptors (Lipinski definition) is 5. The van der Waals surface area contributed by atoms with Gasteiger partial charge in [0.05, 0.1) is 12.1 Å². The summed E-state index contributed by atoms with van der Waals surface area (Å²) in [5, 5.41) is 33.6. The molecule has 0 amide bonds. The quantitative estimate of drug-likeness (QED) is 0.778. The van der Waals surface area contributed by atoms with Crippen LogP contribution < -0.4 is 0 Å². The Kier molecular flexibility index (Phi) is 9.03. The maximum absolute atomic E-state index is 8.84. The van der Waals surface area contributed by atoms with E-state index in [1.807, 2.05) is 13.8 Å². The summed E-state index contributed by atoms with van der Waals surface area (Å²) < 4.78 is 0. The van der Waals surface area contributed by atoms with Crippen molar-refractivity contribution in [1.29, 1.82) is 10.5 Å². The number of aliphatic hydroxyl groups excluding tert-OH is 1. The number of nitriles is 2.